The standard InChI is InChI=1S/C52H96N10O14/c1-16-34(6)58(43(15)67)31-50(74)59(35(7)17-2)30-48(72)56(23-41(13)65)27-45(69)55(22-40(12)64)26-46(70)57(24-42(14)66)28-49(73)61(37(9)19-4)32-52(76)62(38(10)20-5)33-51(75)60(36(8)18-3)29-47(71)54(21-39(11)63)25-44(53)68/h34-42,63-66H,16-33H2,1-15H3,(H2,53,68). The molecule has 10 amide bonds. The molecular formula is C52H96N10O14. The number of nitrogens with two attached hydrogens (primary N) is 1. The molecule has 0 aromatic rings. The first-order valence-corrected chi connectivity index (χ1v) is 26.9. The normalized spacial score (nSPS) is 14.8. The summed E-state index contributed by atoms with van der Waals surface area (Å²) in [4.78, 5) is 147. The fourth-order valence-electron chi connectivity index (χ4n) is 8.10. The van der Waals surface area contributed by atoms with Crippen LogP contribution >= 0.6 is 0 Å². The van der Waals surface area contributed by atoms with E-state index in [2.05, 4.69) is 0 Å². The van der Waals surface area contributed by atoms with E-state index in [0.29, 0.717) is 32.1 Å². The number of primary amides is 1. The smallest absolute Gasteiger partial charge is 0.242 e. The molecule has 0 rings (SSSR count). The van der Waals surface area contributed by atoms with Crippen LogP contribution < -0.4 is 5.73 Å². The quantitative estimate of drug-likeness (QED) is 0.0527. The molecule has 0 aliphatic heterocycles. The molecule has 0 aliphatic rings. The van der Waals surface area contributed by atoms with Crippen molar-refractivity contribution in [1.29, 1.82) is 0 Å². The van der Waals surface area contributed by atoms with Gasteiger partial charge in [0.05, 0.1) is 50.6 Å². The lowest BCUT2D eigenvalue weighted by Gasteiger charge is -2.37. The van der Waals surface area contributed by atoms with Gasteiger partial charge < -0.3 is 70.3 Å². The van der Waals surface area contributed by atoms with Crippen LogP contribution in [0.5, 0.6) is 0 Å². The lowest BCUT2D eigenvalue weighted by atomic mass is 10.1. The Kier molecular flexibility index (Phi) is 32.5. The second-order valence-electron chi connectivity index (χ2n) is 20.5. The number of aliphatic hydroxyl groups is 4. The number of nitrogens with zero attached hydrogens (tertiary/aromatic N) is 9. The summed E-state index contributed by atoms with van der Waals surface area (Å²) in [7, 11) is 0. The van der Waals surface area contributed by atoms with E-state index in [1.54, 1.807) is 55.4 Å². The van der Waals surface area contributed by atoms with Crippen LogP contribution in [0.3, 0.4) is 0 Å². The van der Waals surface area contributed by atoms with Crippen LogP contribution in [0.15, 0.2) is 0 Å². The van der Waals surface area contributed by atoms with E-state index in [-0.39, 0.29) is 38.1 Å². The van der Waals surface area contributed by atoms with Crippen LogP contribution in [0.25, 0.3) is 0 Å². The molecule has 9 atom stereocenters. The zero-order chi connectivity index (χ0) is 58.9. The summed E-state index contributed by atoms with van der Waals surface area (Å²) in [6, 6.07) is -2.32. The van der Waals surface area contributed by atoms with Crippen LogP contribution in [0.2, 0.25) is 0 Å². The Balaban J connectivity index is 6.83. The van der Waals surface area contributed by atoms with Gasteiger partial charge in [-0.2, -0.15) is 0 Å². The van der Waals surface area contributed by atoms with E-state index in [1.165, 1.54) is 59.1 Å². The molecule has 0 saturated carbocycles. The van der Waals surface area contributed by atoms with Crippen molar-refractivity contribution in [3.63, 3.8) is 0 Å². The highest BCUT2D eigenvalue weighted by Gasteiger charge is 2.35. The summed E-state index contributed by atoms with van der Waals surface area (Å²) < 4.78 is 0. The highest BCUT2D eigenvalue weighted by Crippen LogP contribution is 2.16. The van der Waals surface area contributed by atoms with E-state index in [4.69, 9.17) is 5.73 Å². The number of carbonyl (C=O) groups excluding carboxylic acids is 10. The van der Waals surface area contributed by atoms with Gasteiger partial charge in [-0.25, -0.2) is 0 Å². The third-order valence-corrected chi connectivity index (χ3v) is 13.5. The van der Waals surface area contributed by atoms with Crippen LogP contribution in [0.1, 0.15) is 136 Å². The maximum Gasteiger partial charge on any atom is 0.242 e. The molecule has 24 nitrogen and oxygen atoms in total. The molecular weight excluding hydrogens is 989 g/mol. The first kappa shape index (κ1) is 70.5. The Morgan fingerprint density at radius 3 is 0.724 bits per heavy atom. The molecule has 0 aromatic carbocycles. The topological polar surface area (TPSA) is 307 Å². The van der Waals surface area contributed by atoms with Gasteiger partial charge in [0, 0.05) is 63.3 Å². The second kappa shape index (κ2) is 35.1. The van der Waals surface area contributed by atoms with Crippen LogP contribution in [0.4, 0.5) is 0 Å². The molecule has 0 spiro atoms. The Bertz CT molecular complexity index is 1900. The number of hydrogen-bond donors (Lipinski definition) is 5. The van der Waals surface area contributed by atoms with Crippen molar-refractivity contribution in [3.8, 4) is 0 Å². The Labute approximate surface area is 451 Å². The Hall–Kier alpha value is -5.46. The van der Waals surface area contributed by atoms with Crippen molar-refractivity contribution >= 4 is 59.1 Å². The number of carbonyl (C=O) groups is 10. The molecule has 0 heterocycles. The highest BCUT2D eigenvalue weighted by molar-refractivity contribution is 5.94. The monoisotopic (exact) mass is 1080 g/mol. The number of rotatable bonds is 36. The van der Waals surface area contributed by atoms with Crippen molar-refractivity contribution < 1.29 is 68.4 Å². The third-order valence-electron chi connectivity index (χ3n) is 13.5. The number of aliphatic hydroxyl groups excluding tert-OH is 4. The van der Waals surface area contributed by atoms with Gasteiger partial charge in [0.25, 0.3) is 0 Å². The third kappa shape index (κ3) is 24.7. The van der Waals surface area contributed by atoms with Crippen LogP contribution in [0, 0.1) is 0 Å². The average molecular weight is 1090 g/mol. The van der Waals surface area contributed by atoms with Gasteiger partial charge in [0.15, 0.2) is 0 Å². The van der Waals surface area contributed by atoms with E-state index in [0.717, 1.165) is 19.6 Å². The lowest BCUT2D eigenvalue weighted by Crippen LogP contribution is -2.56. The predicted octanol–water partition coefficient (Wildman–Crippen LogP) is -0.535. The Morgan fingerprint density at radius 1 is 0.316 bits per heavy atom. The molecule has 0 fully saturated rings. The number of hydrogen-bond acceptors (Lipinski definition) is 14. The highest BCUT2D eigenvalue weighted by atomic mass is 16.3. The molecule has 0 aliphatic carbocycles. The fraction of sp³-hybridized carbons (Fsp3) is 0.808. The molecule has 0 saturated heterocycles. The van der Waals surface area contributed by atoms with Crippen molar-refractivity contribution in [3.05, 3.63) is 0 Å². The van der Waals surface area contributed by atoms with Crippen molar-refractivity contribution in [2.24, 2.45) is 5.73 Å². The molecule has 24 heteroatoms. The van der Waals surface area contributed by atoms with Gasteiger partial charge in [0.1, 0.15) is 32.7 Å². The van der Waals surface area contributed by atoms with Gasteiger partial charge >= 0.3 is 0 Å². The minimum Gasteiger partial charge on any atom is -0.392 e. The van der Waals surface area contributed by atoms with Gasteiger partial charge in [-0.05, 0) is 94.4 Å². The summed E-state index contributed by atoms with van der Waals surface area (Å²) in [6.45, 7) is 18.5. The molecule has 0 bridgehead atoms. The Morgan fingerprint density at radius 2 is 0.500 bits per heavy atom. The van der Waals surface area contributed by atoms with Crippen molar-refractivity contribution in [1.82, 2.24) is 44.1 Å². The lowest BCUT2D eigenvalue weighted by molar-refractivity contribution is -0.152. The van der Waals surface area contributed by atoms with Gasteiger partial charge in [-0.3, -0.25) is 47.9 Å². The van der Waals surface area contributed by atoms with Crippen LogP contribution in [-0.2, 0) is 47.9 Å². The largest absolute Gasteiger partial charge is 0.392 e. The minimum atomic E-state index is -1.19. The van der Waals surface area contributed by atoms with E-state index < -0.39 is 161 Å². The average Bonchev–Trinajstić information content (AvgIpc) is 3.33. The molecule has 9 unspecified atom stereocenters. The predicted molar refractivity (Wildman–Crippen MR) is 285 cm³/mol. The SMILES string of the molecule is CCC(C)N(CC(=O)N(CC(=O)N(CC(=O)N(CC(=O)N(CC(=O)N(CC(=O)N(CC(=O)N(CC(=O)N(CC(N)=O)CC(C)O)C(C)CC)C(C)CC)C(C)CC)CC(C)O)CC(C)O)CC(C)O)C(C)CC)C(C)=O. The maximum absolute atomic E-state index is 14.4. The zero-order valence-electron chi connectivity index (χ0n) is 48.4. The summed E-state index contributed by atoms with van der Waals surface area (Å²) in [5.41, 5.74) is 5.36. The summed E-state index contributed by atoms with van der Waals surface area (Å²) in [6.07, 6.45) is -2.27. The van der Waals surface area contributed by atoms with E-state index in [9.17, 15) is 68.4 Å². The summed E-state index contributed by atoms with van der Waals surface area (Å²) >= 11 is 0. The second-order valence-corrected chi connectivity index (χ2v) is 20.5. The van der Waals surface area contributed by atoms with E-state index in [1.807, 2.05) is 13.8 Å². The van der Waals surface area contributed by atoms with E-state index >= 15 is 0 Å². The molecule has 438 valence electrons. The van der Waals surface area contributed by atoms with Crippen molar-refractivity contribution in [2.75, 3.05) is 85.1 Å². The summed E-state index contributed by atoms with van der Waals surface area (Å²) in [5.74, 6) is -6.53. The molecule has 0 radical (unpaired) electrons. The summed E-state index contributed by atoms with van der Waals surface area (Å²) in [5, 5.41) is 41.5. The van der Waals surface area contributed by atoms with Gasteiger partial charge in [-0.15, -0.1) is 0 Å². The zero-order valence-corrected chi connectivity index (χ0v) is 48.4. The first-order valence-electron chi connectivity index (χ1n) is 26.9. The minimum absolute atomic E-state index is 0.210. The molecule has 6 N–H and O–H groups in total. The van der Waals surface area contributed by atoms with Gasteiger partial charge in [0.2, 0.25) is 59.1 Å². The van der Waals surface area contributed by atoms with Crippen LogP contribution in [-0.4, -0.2) is 263 Å². The fourth-order valence-corrected chi connectivity index (χ4v) is 8.10. The molecule has 76 heavy (non-hydrogen) atoms. The van der Waals surface area contributed by atoms with Gasteiger partial charge in [-0.1, -0.05) is 34.6 Å². The first-order chi connectivity index (χ1) is 35.3. The van der Waals surface area contributed by atoms with Crippen molar-refractivity contribution in [2.45, 2.75) is 191 Å². The molecule has 0 aromatic heterocycles. The maximum atomic E-state index is 14.4. The number of amides is 10.